The molecule has 2 aromatic rings. The second-order valence-electron chi connectivity index (χ2n) is 7.40. The van der Waals surface area contributed by atoms with Crippen molar-refractivity contribution >= 4 is 38.9 Å². The second-order valence-corrected chi connectivity index (χ2v) is 9.74. The van der Waals surface area contributed by atoms with Gasteiger partial charge < -0.3 is 10.1 Å². The van der Waals surface area contributed by atoms with Crippen LogP contribution in [0.15, 0.2) is 41.3 Å². The van der Waals surface area contributed by atoms with Crippen LogP contribution in [0.1, 0.15) is 25.3 Å². The number of carbonyl (C=O) groups excluding carboxylic acids is 1. The predicted molar refractivity (Wildman–Crippen MR) is 121 cm³/mol. The van der Waals surface area contributed by atoms with Gasteiger partial charge in [-0.15, -0.1) is 0 Å². The summed E-state index contributed by atoms with van der Waals surface area (Å²) in [5.74, 6) is -0.265. The summed E-state index contributed by atoms with van der Waals surface area (Å²) in [5.41, 5.74) is 0.680. The van der Waals surface area contributed by atoms with Crippen LogP contribution in [0.25, 0.3) is 0 Å². The smallest absolute Gasteiger partial charge is 0.274 e. The molecule has 32 heavy (non-hydrogen) atoms. The maximum atomic E-state index is 13.0. The number of ether oxygens (including phenoxy) is 1. The summed E-state index contributed by atoms with van der Waals surface area (Å²) in [5, 5.41) is 14.1. The van der Waals surface area contributed by atoms with Crippen LogP contribution in [0.5, 0.6) is 5.75 Å². The van der Waals surface area contributed by atoms with Crippen molar-refractivity contribution in [2.75, 3.05) is 25.0 Å². The number of benzene rings is 2. The third-order valence-electron chi connectivity index (χ3n) is 5.43. The molecule has 1 aliphatic heterocycles. The third-order valence-corrected chi connectivity index (χ3v) is 7.62. The quantitative estimate of drug-likeness (QED) is 0.471. The van der Waals surface area contributed by atoms with Crippen molar-refractivity contribution in [3.05, 3.63) is 57.1 Å². The van der Waals surface area contributed by atoms with Crippen molar-refractivity contribution in [1.29, 1.82) is 0 Å². The molecule has 1 aliphatic rings. The topological polar surface area (TPSA) is 119 Å². The zero-order valence-corrected chi connectivity index (χ0v) is 19.3. The Balaban J connectivity index is 1.66. The van der Waals surface area contributed by atoms with Gasteiger partial charge in [0.1, 0.15) is 5.75 Å². The highest BCUT2D eigenvalue weighted by Gasteiger charge is 2.32. The Hall–Kier alpha value is -2.69. The molecule has 1 heterocycles. The highest BCUT2D eigenvalue weighted by Crippen LogP contribution is 2.31. The summed E-state index contributed by atoms with van der Waals surface area (Å²) >= 11 is 6.14. The average Bonchev–Trinajstić information content (AvgIpc) is 2.76. The molecule has 1 N–H and O–H groups in total. The molecule has 0 spiro atoms. The molecule has 172 valence electrons. The Morgan fingerprint density at radius 2 is 1.97 bits per heavy atom. The van der Waals surface area contributed by atoms with Gasteiger partial charge in [0, 0.05) is 25.1 Å². The number of nitrogens with one attached hydrogen (secondary N) is 1. The largest absolute Gasteiger partial charge is 0.492 e. The molecular formula is C21H24ClN3O6S. The second kappa shape index (κ2) is 9.85. The van der Waals surface area contributed by atoms with Gasteiger partial charge in [-0.3, -0.25) is 14.9 Å². The number of piperidine rings is 1. The standard InChI is InChI=1S/C21H24ClN3O6S/c1-3-31-20-8-7-16(13-17(20)22)32(29,30)24-11-9-15(10-12-24)21(26)23-18-5-4-6-19(14(18)2)25(27)28/h4-8,13,15H,3,9-12H2,1-2H3,(H,23,26). The molecule has 0 aromatic heterocycles. The fraction of sp³-hybridized carbons (Fsp3) is 0.381. The Kier molecular flexibility index (Phi) is 7.37. The van der Waals surface area contributed by atoms with Crippen LogP contribution in [0.4, 0.5) is 11.4 Å². The van der Waals surface area contributed by atoms with Crippen LogP contribution in [0, 0.1) is 23.0 Å². The first-order chi connectivity index (χ1) is 15.1. The van der Waals surface area contributed by atoms with E-state index in [1.165, 1.54) is 34.6 Å². The number of sulfonamides is 1. The summed E-state index contributed by atoms with van der Waals surface area (Å²) in [6.45, 7) is 4.15. The predicted octanol–water partition coefficient (Wildman–Crippen LogP) is 3.99. The maximum Gasteiger partial charge on any atom is 0.274 e. The number of nitro benzene ring substituents is 1. The Morgan fingerprint density at radius 3 is 2.56 bits per heavy atom. The first-order valence-electron chi connectivity index (χ1n) is 10.1. The molecule has 9 nitrogen and oxygen atoms in total. The molecule has 11 heteroatoms. The average molecular weight is 482 g/mol. The summed E-state index contributed by atoms with van der Waals surface area (Å²) < 4.78 is 32.6. The molecule has 1 fully saturated rings. The molecule has 0 unspecified atom stereocenters. The van der Waals surface area contributed by atoms with Crippen molar-refractivity contribution in [2.24, 2.45) is 5.92 Å². The number of halogens is 1. The van der Waals surface area contributed by atoms with E-state index in [-0.39, 0.29) is 34.6 Å². The highest BCUT2D eigenvalue weighted by atomic mass is 35.5. The van der Waals surface area contributed by atoms with Crippen molar-refractivity contribution in [2.45, 2.75) is 31.6 Å². The summed E-state index contributed by atoms with van der Waals surface area (Å²) in [6.07, 6.45) is 0.674. The van der Waals surface area contributed by atoms with Crippen LogP contribution in [-0.2, 0) is 14.8 Å². The highest BCUT2D eigenvalue weighted by molar-refractivity contribution is 7.89. The van der Waals surface area contributed by atoms with E-state index in [9.17, 15) is 23.3 Å². The number of carbonyl (C=O) groups is 1. The third kappa shape index (κ3) is 5.03. The van der Waals surface area contributed by atoms with Crippen molar-refractivity contribution in [3.8, 4) is 5.75 Å². The van der Waals surface area contributed by atoms with Crippen LogP contribution in [-0.4, -0.2) is 43.2 Å². The number of hydrogen-bond donors (Lipinski definition) is 1. The normalized spacial score (nSPS) is 15.3. The number of hydrogen-bond acceptors (Lipinski definition) is 6. The molecule has 0 aliphatic carbocycles. The van der Waals surface area contributed by atoms with Gasteiger partial charge in [-0.05, 0) is 51.0 Å². The van der Waals surface area contributed by atoms with E-state index in [1.807, 2.05) is 6.92 Å². The van der Waals surface area contributed by atoms with Gasteiger partial charge in [-0.25, -0.2) is 8.42 Å². The van der Waals surface area contributed by atoms with Crippen molar-refractivity contribution < 1.29 is 22.9 Å². The lowest BCUT2D eigenvalue weighted by molar-refractivity contribution is -0.385. The van der Waals surface area contributed by atoms with Crippen LogP contribution >= 0.6 is 11.6 Å². The van der Waals surface area contributed by atoms with Gasteiger partial charge in [0.15, 0.2) is 0 Å². The molecule has 0 atom stereocenters. The number of rotatable bonds is 7. The molecule has 1 saturated heterocycles. The number of nitrogens with zero attached hydrogens (tertiary/aromatic N) is 2. The molecule has 0 bridgehead atoms. The van der Waals surface area contributed by atoms with E-state index < -0.39 is 20.9 Å². The summed E-state index contributed by atoms with van der Waals surface area (Å²) in [7, 11) is -3.76. The van der Waals surface area contributed by atoms with Crippen LogP contribution in [0.3, 0.4) is 0 Å². The fourth-order valence-corrected chi connectivity index (χ4v) is 5.41. The van der Waals surface area contributed by atoms with E-state index in [0.717, 1.165) is 0 Å². The minimum Gasteiger partial charge on any atom is -0.492 e. The molecule has 0 saturated carbocycles. The van der Waals surface area contributed by atoms with Gasteiger partial charge in [0.25, 0.3) is 5.69 Å². The van der Waals surface area contributed by atoms with Crippen LogP contribution in [0.2, 0.25) is 5.02 Å². The molecule has 2 aromatic carbocycles. The van der Waals surface area contributed by atoms with E-state index in [4.69, 9.17) is 16.3 Å². The Bertz CT molecular complexity index is 1130. The lowest BCUT2D eigenvalue weighted by atomic mass is 9.97. The summed E-state index contributed by atoms with van der Waals surface area (Å²) in [4.78, 5) is 23.4. The van der Waals surface area contributed by atoms with E-state index in [0.29, 0.717) is 36.4 Å². The minimum absolute atomic E-state index is 0.0704. The van der Waals surface area contributed by atoms with Gasteiger partial charge in [-0.2, -0.15) is 4.31 Å². The van der Waals surface area contributed by atoms with E-state index >= 15 is 0 Å². The number of anilines is 1. The molecule has 1 amide bonds. The first-order valence-corrected chi connectivity index (χ1v) is 11.9. The maximum absolute atomic E-state index is 13.0. The number of nitro groups is 1. The van der Waals surface area contributed by atoms with Gasteiger partial charge in [-0.1, -0.05) is 17.7 Å². The Labute approximate surface area is 191 Å². The van der Waals surface area contributed by atoms with Gasteiger partial charge in [0.2, 0.25) is 15.9 Å². The lowest BCUT2D eigenvalue weighted by Gasteiger charge is -2.30. The number of amides is 1. The summed E-state index contributed by atoms with van der Waals surface area (Å²) in [6, 6.07) is 8.84. The zero-order valence-electron chi connectivity index (χ0n) is 17.7. The molecule has 0 radical (unpaired) electrons. The van der Waals surface area contributed by atoms with Gasteiger partial charge in [0.05, 0.1) is 32.7 Å². The molecule has 3 rings (SSSR count). The van der Waals surface area contributed by atoms with Crippen molar-refractivity contribution in [1.82, 2.24) is 4.31 Å². The van der Waals surface area contributed by atoms with E-state index in [2.05, 4.69) is 5.32 Å². The minimum atomic E-state index is -3.76. The van der Waals surface area contributed by atoms with Crippen molar-refractivity contribution in [3.63, 3.8) is 0 Å². The van der Waals surface area contributed by atoms with Gasteiger partial charge >= 0.3 is 0 Å². The fourth-order valence-electron chi connectivity index (χ4n) is 3.61. The first kappa shape index (κ1) is 24.0. The zero-order chi connectivity index (χ0) is 23.5. The lowest BCUT2D eigenvalue weighted by Crippen LogP contribution is -2.41. The van der Waals surface area contributed by atoms with Crippen LogP contribution < -0.4 is 10.1 Å². The van der Waals surface area contributed by atoms with E-state index in [1.54, 1.807) is 13.0 Å². The molecular weight excluding hydrogens is 458 g/mol. The monoisotopic (exact) mass is 481 g/mol. The SMILES string of the molecule is CCOc1ccc(S(=O)(=O)N2CCC(C(=O)Nc3cccc([N+](=O)[O-])c3C)CC2)cc1Cl. The Morgan fingerprint density at radius 1 is 1.28 bits per heavy atom.